The Bertz CT molecular complexity index is 900. The van der Waals surface area contributed by atoms with Crippen molar-refractivity contribution in [1.29, 1.82) is 0 Å². The maximum absolute atomic E-state index is 13.3. The molecule has 2 N–H and O–H groups in total. The standard InChI is InChI=1S/C20H21ClF3NO2/c1-10-6-7-15(12(8-10)20(22,23)24)25-18(27)16-11(2)14(21)9-13(17(16)26)19(3,4)5/h6-9,26H,1-5H3,(H,25,27). The minimum Gasteiger partial charge on any atom is -0.507 e. The average molecular weight is 400 g/mol. The summed E-state index contributed by atoms with van der Waals surface area (Å²) in [6, 6.07) is 5.19. The first kappa shape index (κ1) is 21.1. The second-order valence-corrected chi connectivity index (χ2v) is 7.91. The van der Waals surface area contributed by atoms with Crippen molar-refractivity contribution in [3.05, 3.63) is 57.1 Å². The van der Waals surface area contributed by atoms with Gasteiger partial charge in [-0.1, -0.05) is 44.0 Å². The second-order valence-electron chi connectivity index (χ2n) is 7.51. The molecule has 2 aromatic rings. The number of aryl methyl sites for hydroxylation is 1. The lowest BCUT2D eigenvalue weighted by molar-refractivity contribution is -0.136. The molecular weight excluding hydrogens is 379 g/mol. The smallest absolute Gasteiger partial charge is 0.418 e. The quantitative estimate of drug-likeness (QED) is 0.628. The number of anilines is 1. The lowest BCUT2D eigenvalue weighted by Crippen LogP contribution is -2.20. The van der Waals surface area contributed by atoms with E-state index >= 15 is 0 Å². The van der Waals surface area contributed by atoms with Gasteiger partial charge < -0.3 is 10.4 Å². The molecule has 0 spiro atoms. The third-order valence-corrected chi connectivity index (χ3v) is 4.65. The fourth-order valence-electron chi connectivity index (χ4n) is 2.77. The molecule has 3 nitrogen and oxygen atoms in total. The highest BCUT2D eigenvalue weighted by Crippen LogP contribution is 2.40. The number of phenols is 1. The van der Waals surface area contributed by atoms with Crippen LogP contribution in [0.1, 0.15) is 53.4 Å². The largest absolute Gasteiger partial charge is 0.507 e. The lowest BCUT2D eigenvalue weighted by Gasteiger charge is -2.24. The minimum atomic E-state index is -4.63. The lowest BCUT2D eigenvalue weighted by atomic mass is 9.84. The van der Waals surface area contributed by atoms with Gasteiger partial charge in [0.2, 0.25) is 0 Å². The molecule has 0 aromatic heterocycles. The highest BCUT2D eigenvalue weighted by molar-refractivity contribution is 6.32. The number of alkyl halides is 3. The molecule has 7 heteroatoms. The summed E-state index contributed by atoms with van der Waals surface area (Å²) in [7, 11) is 0. The van der Waals surface area contributed by atoms with Crippen molar-refractivity contribution >= 4 is 23.2 Å². The first-order valence-electron chi connectivity index (χ1n) is 8.25. The number of carbonyl (C=O) groups is 1. The van der Waals surface area contributed by atoms with Crippen molar-refractivity contribution in [2.24, 2.45) is 0 Å². The molecule has 0 aliphatic carbocycles. The van der Waals surface area contributed by atoms with Gasteiger partial charge in [0.15, 0.2) is 0 Å². The maximum atomic E-state index is 13.3. The predicted octanol–water partition coefficient (Wildman–Crippen LogP) is 6.23. The molecule has 0 bridgehead atoms. The summed E-state index contributed by atoms with van der Waals surface area (Å²) in [6.45, 7) is 8.55. The fourth-order valence-corrected chi connectivity index (χ4v) is 2.97. The van der Waals surface area contributed by atoms with Crippen molar-refractivity contribution < 1.29 is 23.1 Å². The summed E-state index contributed by atoms with van der Waals surface area (Å²) in [5.74, 6) is -1.14. The van der Waals surface area contributed by atoms with E-state index in [4.69, 9.17) is 11.6 Å². The van der Waals surface area contributed by atoms with Gasteiger partial charge in [-0.25, -0.2) is 0 Å². The Morgan fingerprint density at radius 2 is 1.67 bits per heavy atom. The normalized spacial score (nSPS) is 12.2. The number of hydrogen-bond acceptors (Lipinski definition) is 2. The van der Waals surface area contributed by atoms with Gasteiger partial charge in [-0.2, -0.15) is 13.2 Å². The van der Waals surface area contributed by atoms with Crippen molar-refractivity contribution in [2.45, 2.75) is 46.2 Å². The zero-order valence-corrected chi connectivity index (χ0v) is 16.4. The molecule has 0 saturated heterocycles. The molecule has 0 radical (unpaired) electrons. The summed E-state index contributed by atoms with van der Waals surface area (Å²) in [5.41, 5.74) is -0.848. The maximum Gasteiger partial charge on any atom is 0.418 e. The van der Waals surface area contributed by atoms with E-state index in [2.05, 4.69) is 5.32 Å². The predicted molar refractivity (Wildman–Crippen MR) is 101 cm³/mol. The first-order chi connectivity index (χ1) is 12.2. The van der Waals surface area contributed by atoms with Gasteiger partial charge in [-0.15, -0.1) is 0 Å². The Morgan fingerprint density at radius 3 is 2.19 bits per heavy atom. The molecule has 0 fully saturated rings. The highest BCUT2D eigenvalue weighted by atomic mass is 35.5. The van der Waals surface area contributed by atoms with Gasteiger partial charge in [-0.3, -0.25) is 4.79 Å². The van der Waals surface area contributed by atoms with E-state index in [1.54, 1.807) is 6.07 Å². The second kappa shape index (κ2) is 7.08. The number of hydrogen-bond donors (Lipinski definition) is 2. The third-order valence-electron chi connectivity index (χ3n) is 4.26. The average Bonchev–Trinajstić information content (AvgIpc) is 2.50. The molecule has 0 atom stereocenters. The van der Waals surface area contributed by atoms with E-state index in [1.165, 1.54) is 26.0 Å². The molecule has 1 amide bonds. The Hall–Kier alpha value is -2.21. The van der Waals surface area contributed by atoms with Crippen LogP contribution in [-0.4, -0.2) is 11.0 Å². The summed E-state index contributed by atoms with van der Waals surface area (Å²) in [5, 5.41) is 13.1. The van der Waals surface area contributed by atoms with Crippen LogP contribution in [0.25, 0.3) is 0 Å². The SMILES string of the molecule is Cc1ccc(NC(=O)c2c(C)c(Cl)cc(C(C)(C)C)c2O)c(C(F)(F)F)c1. The fraction of sp³-hybridized carbons (Fsp3) is 0.350. The molecular formula is C20H21ClF3NO2. The summed E-state index contributed by atoms with van der Waals surface area (Å²) >= 11 is 6.20. The number of carbonyl (C=O) groups excluding carboxylic acids is 1. The molecule has 146 valence electrons. The Balaban J connectivity index is 2.57. The van der Waals surface area contributed by atoms with E-state index in [0.29, 0.717) is 16.7 Å². The topological polar surface area (TPSA) is 49.3 Å². The van der Waals surface area contributed by atoms with Gasteiger partial charge in [0.25, 0.3) is 5.91 Å². The molecule has 0 heterocycles. The molecule has 0 aliphatic rings. The Labute approximate surface area is 161 Å². The van der Waals surface area contributed by atoms with Crippen LogP contribution in [0, 0.1) is 13.8 Å². The number of phenolic OH excluding ortho intramolecular Hbond substituents is 1. The molecule has 2 rings (SSSR count). The van der Waals surface area contributed by atoms with Crippen LogP contribution < -0.4 is 5.32 Å². The molecule has 0 aliphatic heterocycles. The highest BCUT2D eigenvalue weighted by Gasteiger charge is 2.34. The number of benzene rings is 2. The summed E-state index contributed by atoms with van der Waals surface area (Å²) in [6.07, 6.45) is -4.63. The van der Waals surface area contributed by atoms with Crippen molar-refractivity contribution in [1.82, 2.24) is 0 Å². The van der Waals surface area contributed by atoms with Gasteiger partial charge in [0.1, 0.15) is 5.75 Å². The van der Waals surface area contributed by atoms with E-state index < -0.39 is 23.1 Å². The van der Waals surface area contributed by atoms with Gasteiger partial charge in [0.05, 0.1) is 16.8 Å². The Kier molecular flexibility index (Phi) is 5.53. The zero-order chi connectivity index (χ0) is 20.7. The molecule has 2 aromatic carbocycles. The van der Waals surface area contributed by atoms with Crippen LogP contribution in [0.15, 0.2) is 24.3 Å². The van der Waals surface area contributed by atoms with Gasteiger partial charge in [-0.05, 0) is 43.0 Å². The van der Waals surface area contributed by atoms with E-state index in [9.17, 15) is 23.1 Å². The van der Waals surface area contributed by atoms with Crippen LogP contribution in [0.2, 0.25) is 5.02 Å². The van der Waals surface area contributed by atoms with Crippen molar-refractivity contribution in [2.75, 3.05) is 5.32 Å². The minimum absolute atomic E-state index is 0.138. The molecule has 27 heavy (non-hydrogen) atoms. The first-order valence-corrected chi connectivity index (χ1v) is 8.63. The number of halogens is 4. The van der Waals surface area contributed by atoms with Crippen molar-refractivity contribution in [3.8, 4) is 5.75 Å². The Morgan fingerprint density at radius 1 is 1.07 bits per heavy atom. The van der Waals surface area contributed by atoms with Crippen molar-refractivity contribution in [3.63, 3.8) is 0 Å². The van der Waals surface area contributed by atoms with E-state index in [-0.39, 0.29) is 22.0 Å². The van der Waals surface area contributed by atoms with Crippen LogP contribution in [0.4, 0.5) is 18.9 Å². The van der Waals surface area contributed by atoms with Gasteiger partial charge >= 0.3 is 6.18 Å². The van der Waals surface area contributed by atoms with Gasteiger partial charge in [0, 0.05) is 10.6 Å². The molecule has 0 saturated carbocycles. The van der Waals surface area contributed by atoms with E-state index in [1.807, 2.05) is 20.8 Å². The van der Waals surface area contributed by atoms with E-state index in [0.717, 1.165) is 6.07 Å². The number of aromatic hydroxyl groups is 1. The third kappa shape index (κ3) is 4.38. The number of amides is 1. The number of rotatable bonds is 2. The summed E-state index contributed by atoms with van der Waals surface area (Å²) < 4.78 is 39.9. The van der Waals surface area contributed by atoms with Crippen LogP contribution in [0.5, 0.6) is 5.75 Å². The van der Waals surface area contributed by atoms with Crippen LogP contribution >= 0.6 is 11.6 Å². The zero-order valence-electron chi connectivity index (χ0n) is 15.7. The number of nitrogens with one attached hydrogen (secondary N) is 1. The monoisotopic (exact) mass is 399 g/mol. The van der Waals surface area contributed by atoms with Crippen LogP contribution in [0.3, 0.4) is 0 Å². The molecule has 0 unspecified atom stereocenters. The summed E-state index contributed by atoms with van der Waals surface area (Å²) in [4.78, 5) is 12.8. The van der Waals surface area contributed by atoms with Crippen LogP contribution in [-0.2, 0) is 11.6 Å².